The predicted molar refractivity (Wildman–Crippen MR) is 100 cm³/mol. The Morgan fingerprint density at radius 3 is 2.13 bits per heavy atom. The summed E-state index contributed by atoms with van der Waals surface area (Å²) < 4.78 is 79.1. The molecule has 0 unspecified atom stereocenters. The first-order chi connectivity index (χ1) is 14.4. The van der Waals surface area contributed by atoms with Crippen molar-refractivity contribution in [2.24, 2.45) is 7.05 Å². The van der Waals surface area contributed by atoms with Gasteiger partial charge in [-0.15, -0.1) is 10.2 Å². The molecule has 3 rings (SSSR count). The van der Waals surface area contributed by atoms with Crippen LogP contribution in [-0.2, 0) is 24.2 Å². The van der Waals surface area contributed by atoms with Gasteiger partial charge in [-0.1, -0.05) is 11.8 Å². The van der Waals surface area contributed by atoms with E-state index in [1.165, 1.54) is 0 Å². The highest BCUT2D eigenvalue weighted by atomic mass is 32.2. The van der Waals surface area contributed by atoms with Crippen LogP contribution in [0.5, 0.6) is 0 Å². The number of halogens is 6. The Labute approximate surface area is 175 Å². The molecule has 0 aliphatic carbocycles. The second kappa shape index (κ2) is 8.57. The number of aromatic nitrogens is 4. The average molecular weight is 461 g/mol. The lowest BCUT2D eigenvalue weighted by Gasteiger charge is -2.14. The minimum atomic E-state index is -5.00. The minimum absolute atomic E-state index is 0.00933. The van der Waals surface area contributed by atoms with Crippen LogP contribution < -0.4 is 5.32 Å². The molecule has 2 aromatic heterocycles. The summed E-state index contributed by atoms with van der Waals surface area (Å²) in [6, 6.07) is 4.29. The molecule has 0 saturated heterocycles. The summed E-state index contributed by atoms with van der Waals surface area (Å²) in [5.41, 5.74) is -2.91. The number of anilines is 1. The summed E-state index contributed by atoms with van der Waals surface area (Å²) in [6.45, 7) is 0. The Morgan fingerprint density at radius 1 is 1.00 bits per heavy atom. The van der Waals surface area contributed by atoms with Gasteiger partial charge in [-0.3, -0.25) is 9.78 Å². The van der Waals surface area contributed by atoms with Gasteiger partial charge in [0.15, 0.2) is 11.0 Å². The van der Waals surface area contributed by atoms with E-state index < -0.39 is 35.1 Å². The molecule has 0 aliphatic rings. The second-order valence-electron chi connectivity index (χ2n) is 6.23. The molecule has 3 aromatic rings. The number of hydrogen-bond acceptors (Lipinski definition) is 5. The van der Waals surface area contributed by atoms with Crippen LogP contribution in [0, 0.1) is 0 Å². The number of amides is 1. The molecule has 0 saturated carbocycles. The van der Waals surface area contributed by atoms with E-state index in [0.717, 1.165) is 17.3 Å². The van der Waals surface area contributed by atoms with Crippen molar-refractivity contribution in [3.05, 3.63) is 53.9 Å². The Balaban J connectivity index is 1.72. The van der Waals surface area contributed by atoms with Crippen molar-refractivity contribution in [3.63, 3.8) is 0 Å². The average Bonchev–Trinajstić information content (AvgIpc) is 3.06. The second-order valence-corrected chi connectivity index (χ2v) is 7.17. The minimum Gasteiger partial charge on any atom is -0.325 e. The van der Waals surface area contributed by atoms with E-state index in [2.05, 4.69) is 20.5 Å². The first-order valence-corrected chi connectivity index (χ1v) is 9.45. The number of benzene rings is 1. The van der Waals surface area contributed by atoms with E-state index in [4.69, 9.17) is 0 Å². The number of nitrogens with zero attached hydrogens (tertiary/aromatic N) is 4. The number of thioether (sulfide) groups is 1. The van der Waals surface area contributed by atoms with Gasteiger partial charge in [0.1, 0.15) is 0 Å². The van der Waals surface area contributed by atoms with Crippen LogP contribution in [-0.4, -0.2) is 31.4 Å². The van der Waals surface area contributed by atoms with Crippen molar-refractivity contribution in [2.75, 3.05) is 11.1 Å². The number of carbonyl (C=O) groups excluding carboxylic acids is 1. The van der Waals surface area contributed by atoms with E-state index >= 15 is 0 Å². The highest BCUT2D eigenvalue weighted by Gasteiger charge is 2.37. The number of nitrogens with one attached hydrogen (secondary N) is 1. The maximum absolute atomic E-state index is 12.9. The summed E-state index contributed by atoms with van der Waals surface area (Å²) in [6.07, 6.45) is -6.88. The zero-order valence-electron chi connectivity index (χ0n) is 15.6. The lowest BCUT2D eigenvalue weighted by atomic mass is 10.1. The standard InChI is InChI=1S/C18H13F6N5OS/c1-29-15(10-2-4-25-5-3-10)27-28-16(29)31-9-14(30)26-13-7-11(17(19,20)21)6-12(8-13)18(22,23)24/h2-8H,9H2,1H3,(H,26,30). The van der Waals surface area contributed by atoms with E-state index in [1.807, 2.05) is 0 Å². The van der Waals surface area contributed by atoms with Crippen molar-refractivity contribution in [1.29, 1.82) is 0 Å². The van der Waals surface area contributed by atoms with Crippen LogP contribution in [0.3, 0.4) is 0 Å². The summed E-state index contributed by atoms with van der Waals surface area (Å²) >= 11 is 0.927. The maximum atomic E-state index is 12.9. The molecule has 0 bridgehead atoms. The molecule has 0 fully saturated rings. The zero-order valence-corrected chi connectivity index (χ0v) is 16.4. The number of rotatable bonds is 5. The third kappa shape index (κ3) is 5.54. The zero-order chi connectivity index (χ0) is 22.8. The van der Waals surface area contributed by atoms with E-state index in [9.17, 15) is 31.1 Å². The van der Waals surface area contributed by atoms with Gasteiger partial charge in [0.05, 0.1) is 16.9 Å². The van der Waals surface area contributed by atoms with Gasteiger partial charge >= 0.3 is 12.4 Å². The van der Waals surface area contributed by atoms with Gasteiger partial charge in [0.25, 0.3) is 0 Å². The van der Waals surface area contributed by atoms with Crippen LogP contribution in [0.4, 0.5) is 32.0 Å². The van der Waals surface area contributed by atoms with Crippen LogP contribution in [0.25, 0.3) is 11.4 Å². The largest absolute Gasteiger partial charge is 0.416 e. The number of pyridine rings is 1. The molecule has 6 nitrogen and oxygen atoms in total. The number of hydrogen-bond donors (Lipinski definition) is 1. The first-order valence-electron chi connectivity index (χ1n) is 8.47. The molecule has 0 atom stereocenters. The van der Waals surface area contributed by atoms with Crippen molar-refractivity contribution in [3.8, 4) is 11.4 Å². The van der Waals surface area contributed by atoms with Crippen LogP contribution in [0.15, 0.2) is 47.9 Å². The quantitative estimate of drug-likeness (QED) is 0.443. The molecule has 0 aliphatic heterocycles. The van der Waals surface area contributed by atoms with Gasteiger partial charge in [0, 0.05) is 30.7 Å². The Morgan fingerprint density at radius 2 is 1.58 bits per heavy atom. The highest BCUT2D eigenvalue weighted by Crippen LogP contribution is 2.37. The van der Waals surface area contributed by atoms with Crippen LogP contribution in [0.2, 0.25) is 0 Å². The van der Waals surface area contributed by atoms with Crippen LogP contribution >= 0.6 is 11.8 Å². The molecule has 0 spiro atoms. The van der Waals surface area contributed by atoms with Crippen molar-refractivity contribution >= 4 is 23.4 Å². The van der Waals surface area contributed by atoms with E-state index in [1.54, 1.807) is 36.1 Å². The lowest BCUT2D eigenvalue weighted by molar-refractivity contribution is -0.143. The fourth-order valence-corrected chi connectivity index (χ4v) is 3.26. The molecule has 13 heteroatoms. The lowest BCUT2D eigenvalue weighted by Crippen LogP contribution is -2.17. The van der Waals surface area contributed by atoms with E-state index in [-0.39, 0.29) is 11.8 Å². The molecular weight excluding hydrogens is 448 g/mol. The smallest absolute Gasteiger partial charge is 0.325 e. The predicted octanol–water partition coefficient (Wildman–Crippen LogP) is 4.65. The van der Waals surface area contributed by atoms with E-state index in [0.29, 0.717) is 23.1 Å². The Hall–Kier alpha value is -3.09. The maximum Gasteiger partial charge on any atom is 0.416 e. The van der Waals surface area contributed by atoms with Gasteiger partial charge in [0.2, 0.25) is 5.91 Å². The summed E-state index contributed by atoms with van der Waals surface area (Å²) in [7, 11) is 1.65. The fourth-order valence-electron chi connectivity index (χ4n) is 2.55. The highest BCUT2D eigenvalue weighted by molar-refractivity contribution is 7.99. The third-order valence-corrected chi connectivity index (χ3v) is 5.00. The first kappa shape index (κ1) is 22.6. The molecular formula is C18H13F6N5OS. The normalized spacial score (nSPS) is 12.1. The number of carbonyl (C=O) groups is 1. The molecule has 164 valence electrons. The molecule has 31 heavy (non-hydrogen) atoms. The summed E-state index contributed by atoms with van der Waals surface area (Å²) in [5.74, 6) is -0.608. The Kier molecular flexibility index (Phi) is 6.25. The Bertz CT molecular complexity index is 1050. The summed E-state index contributed by atoms with van der Waals surface area (Å²) in [5, 5.41) is 10.4. The van der Waals surface area contributed by atoms with Crippen LogP contribution in [0.1, 0.15) is 11.1 Å². The van der Waals surface area contributed by atoms with Gasteiger partial charge in [-0.25, -0.2) is 0 Å². The molecule has 1 aromatic carbocycles. The molecule has 1 amide bonds. The van der Waals surface area contributed by atoms with Crippen molar-refractivity contribution in [2.45, 2.75) is 17.5 Å². The third-order valence-electron chi connectivity index (χ3n) is 3.98. The topological polar surface area (TPSA) is 72.7 Å². The summed E-state index contributed by atoms with van der Waals surface area (Å²) in [4.78, 5) is 16.0. The van der Waals surface area contributed by atoms with Crippen molar-refractivity contribution < 1.29 is 31.1 Å². The van der Waals surface area contributed by atoms with Gasteiger partial charge in [-0.05, 0) is 30.3 Å². The number of alkyl halides is 6. The SMILES string of the molecule is Cn1c(SCC(=O)Nc2cc(C(F)(F)F)cc(C(F)(F)F)c2)nnc1-c1ccncc1. The fraction of sp³-hybridized carbons (Fsp3) is 0.222. The molecule has 1 N–H and O–H groups in total. The molecule has 0 radical (unpaired) electrons. The molecule has 2 heterocycles. The van der Waals surface area contributed by atoms with Gasteiger partial charge in [-0.2, -0.15) is 26.3 Å². The van der Waals surface area contributed by atoms with Gasteiger partial charge < -0.3 is 9.88 Å². The van der Waals surface area contributed by atoms with Crippen molar-refractivity contribution in [1.82, 2.24) is 19.7 Å². The monoisotopic (exact) mass is 461 g/mol.